The van der Waals surface area contributed by atoms with Gasteiger partial charge in [0.15, 0.2) is 12.4 Å². The van der Waals surface area contributed by atoms with Gasteiger partial charge in [-0.25, -0.2) is 14.3 Å². The van der Waals surface area contributed by atoms with Crippen LogP contribution in [-0.2, 0) is 11.3 Å². The van der Waals surface area contributed by atoms with Crippen molar-refractivity contribution in [2.24, 2.45) is 0 Å². The Labute approximate surface area is 219 Å². The van der Waals surface area contributed by atoms with Crippen LogP contribution in [0.2, 0.25) is 0 Å². The molecule has 38 heavy (non-hydrogen) atoms. The Morgan fingerprint density at radius 2 is 1.97 bits per heavy atom. The Balaban J connectivity index is 1.34. The topological polar surface area (TPSA) is 135 Å². The van der Waals surface area contributed by atoms with Crippen LogP contribution >= 0.6 is 0 Å². The molecule has 1 fully saturated rings. The van der Waals surface area contributed by atoms with Crippen LogP contribution in [0.3, 0.4) is 0 Å². The highest BCUT2D eigenvalue weighted by Gasteiger charge is 2.26. The Morgan fingerprint density at radius 3 is 2.61 bits per heavy atom. The molecule has 0 aliphatic carbocycles. The molecule has 0 aromatic carbocycles. The third kappa shape index (κ3) is 5.36. The molecule has 1 amide bonds. The average Bonchev–Trinajstić information content (AvgIpc) is 3.51. The van der Waals surface area contributed by atoms with Crippen molar-refractivity contribution in [1.82, 2.24) is 29.6 Å². The number of carbonyl (C=O) groups excluding carboxylic acids is 1. The Bertz CT molecular complexity index is 1490. The van der Waals surface area contributed by atoms with Crippen LogP contribution in [0.25, 0.3) is 16.6 Å². The highest BCUT2D eigenvalue weighted by molar-refractivity contribution is 5.85. The third-order valence-electron chi connectivity index (χ3n) is 5.95. The van der Waals surface area contributed by atoms with Crippen LogP contribution < -0.4 is 9.64 Å². The van der Waals surface area contributed by atoms with E-state index in [1.165, 1.54) is 6.20 Å². The highest BCUT2D eigenvalue weighted by Crippen LogP contribution is 2.31. The summed E-state index contributed by atoms with van der Waals surface area (Å²) in [6, 6.07) is 7.94. The van der Waals surface area contributed by atoms with Crippen molar-refractivity contribution in [3.8, 4) is 22.9 Å². The first kappa shape index (κ1) is 25.0. The normalized spacial score (nSPS) is 14.0. The molecule has 0 radical (unpaired) electrons. The largest absolute Gasteiger partial charge is 0.482 e. The van der Waals surface area contributed by atoms with Gasteiger partial charge in [-0.3, -0.25) is 0 Å². The summed E-state index contributed by atoms with van der Waals surface area (Å²) in [4.78, 5) is 25.1. The SMILES string of the molecule is Cc1noc(COc2cc(-c3ccc(N4CCN(C(=O)OC(C)(C)C)CC4)nc3)c3c(C#N)cnn3c2)n1. The third-order valence-corrected chi connectivity index (χ3v) is 5.95. The number of ether oxygens (including phenoxy) is 2. The molecule has 0 atom stereocenters. The summed E-state index contributed by atoms with van der Waals surface area (Å²) in [5.74, 6) is 2.23. The molecule has 12 heteroatoms. The van der Waals surface area contributed by atoms with Gasteiger partial charge in [-0.15, -0.1) is 0 Å². The van der Waals surface area contributed by atoms with Gasteiger partial charge in [0.05, 0.1) is 23.5 Å². The number of piperazine rings is 1. The van der Waals surface area contributed by atoms with Crippen molar-refractivity contribution in [2.45, 2.75) is 39.9 Å². The fourth-order valence-electron chi connectivity index (χ4n) is 4.20. The second-order valence-electron chi connectivity index (χ2n) is 9.94. The van der Waals surface area contributed by atoms with E-state index < -0.39 is 5.60 Å². The first-order valence-electron chi connectivity index (χ1n) is 12.2. The van der Waals surface area contributed by atoms with Crippen LogP contribution in [0.4, 0.5) is 10.6 Å². The minimum atomic E-state index is -0.522. The van der Waals surface area contributed by atoms with Crippen molar-refractivity contribution >= 4 is 17.4 Å². The fourth-order valence-corrected chi connectivity index (χ4v) is 4.20. The van der Waals surface area contributed by atoms with Crippen LogP contribution in [0.1, 0.15) is 38.0 Å². The molecule has 0 saturated carbocycles. The number of amides is 1. The highest BCUT2D eigenvalue weighted by atomic mass is 16.6. The molecular formula is C26H28N8O4. The molecule has 4 aromatic heterocycles. The molecule has 0 N–H and O–H groups in total. The lowest BCUT2D eigenvalue weighted by molar-refractivity contribution is 0.0240. The van der Waals surface area contributed by atoms with Gasteiger partial charge in [-0.05, 0) is 45.9 Å². The summed E-state index contributed by atoms with van der Waals surface area (Å²) in [6.45, 7) is 9.83. The summed E-state index contributed by atoms with van der Waals surface area (Å²) < 4.78 is 18.1. The molecule has 196 valence electrons. The number of carbonyl (C=O) groups is 1. The van der Waals surface area contributed by atoms with E-state index in [0.29, 0.717) is 54.7 Å². The summed E-state index contributed by atoms with van der Waals surface area (Å²) in [5, 5.41) is 17.7. The maximum absolute atomic E-state index is 12.4. The Kier molecular flexibility index (Phi) is 6.59. The minimum Gasteiger partial charge on any atom is -0.482 e. The molecule has 1 aliphatic rings. The molecule has 0 bridgehead atoms. The standard InChI is InChI=1S/C26H28N8O4/c1-17-30-23(38-31-17)16-36-20-11-21(24-19(12-27)14-29-34(24)15-20)18-5-6-22(28-13-18)32-7-9-33(10-8-32)25(35)37-26(2,3)4/h5-6,11,13-15H,7-10,16H2,1-4H3. The predicted molar refractivity (Wildman–Crippen MR) is 137 cm³/mol. The molecule has 0 spiro atoms. The number of aryl methyl sites for hydroxylation is 1. The summed E-state index contributed by atoms with van der Waals surface area (Å²) in [7, 11) is 0. The smallest absolute Gasteiger partial charge is 0.410 e. The number of hydrogen-bond donors (Lipinski definition) is 0. The van der Waals surface area contributed by atoms with Gasteiger partial charge in [0.2, 0.25) is 0 Å². The van der Waals surface area contributed by atoms with E-state index >= 15 is 0 Å². The van der Waals surface area contributed by atoms with Crippen LogP contribution in [0.5, 0.6) is 5.75 Å². The number of fused-ring (bicyclic) bond motifs is 1. The van der Waals surface area contributed by atoms with Crippen LogP contribution in [0, 0.1) is 18.3 Å². The van der Waals surface area contributed by atoms with Crippen molar-refractivity contribution in [2.75, 3.05) is 31.1 Å². The van der Waals surface area contributed by atoms with E-state index in [9.17, 15) is 10.1 Å². The van der Waals surface area contributed by atoms with Crippen LogP contribution in [-0.4, -0.2) is 67.5 Å². The molecule has 12 nitrogen and oxygen atoms in total. The van der Waals surface area contributed by atoms with Gasteiger partial charge < -0.3 is 23.8 Å². The number of anilines is 1. The fraction of sp³-hybridized carbons (Fsp3) is 0.385. The van der Waals surface area contributed by atoms with E-state index in [4.69, 9.17) is 14.0 Å². The summed E-state index contributed by atoms with van der Waals surface area (Å²) >= 11 is 0. The first-order valence-corrected chi connectivity index (χ1v) is 12.2. The van der Waals surface area contributed by atoms with Crippen molar-refractivity contribution in [3.63, 3.8) is 0 Å². The second-order valence-corrected chi connectivity index (χ2v) is 9.94. The lowest BCUT2D eigenvalue weighted by atomic mass is 10.1. The second kappa shape index (κ2) is 10.0. The van der Waals surface area contributed by atoms with Crippen molar-refractivity contribution < 1.29 is 18.8 Å². The minimum absolute atomic E-state index is 0.102. The van der Waals surface area contributed by atoms with Gasteiger partial charge in [0.25, 0.3) is 5.89 Å². The zero-order valence-electron chi connectivity index (χ0n) is 21.7. The van der Waals surface area contributed by atoms with E-state index in [0.717, 1.165) is 16.9 Å². The lowest BCUT2D eigenvalue weighted by Crippen LogP contribution is -2.50. The molecule has 0 unspecified atom stereocenters. The molecule has 1 aliphatic heterocycles. The van der Waals surface area contributed by atoms with Gasteiger partial charge in [0, 0.05) is 43.5 Å². The average molecular weight is 517 g/mol. The van der Waals surface area contributed by atoms with Gasteiger partial charge in [0.1, 0.15) is 23.2 Å². The summed E-state index contributed by atoms with van der Waals surface area (Å²) in [5.41, 5.74) is 2.15. The maximum atomic E-state index is 12.4. The van der Waals surface area contributed by atoms with E-state index in [1.807, 2.05) is 39.0 Å². The van der Waals surface area contributed by atoms with Crippen molar-refractivity contribution in [1.29, 1.82) is 5.26 Å². The maximum Gasteiger partial charge on any atom is 0.410 e. The molecule has 1 saturated heterocycles. The number of nitriles is 1. The van der Waals surface area contributed by atoms with Crippen LogP contribution in [0.15, 0.2) is 41.3 Å². The number of nitrogens with zero attached hydrogens (tertiary/aromatic N) is 8. The monoisotopic (exact) mass is 516 g/mol. The van der Waals surface area contributed by atoms with E-state index in [-0.39, 0.29) is 12.7 Å². The Morgan fingerprint density at radius 1 is 1.18 bits per heavy atom. The van der Waals surface area contributed by atoms with Crippen molar-refractivity contribution in [3.05, 3.63) is 54.1 Å². The van der Waals surface area contributed by atoms with E-state index in [1.54, 1.807) is 28.7 Å². The molecular weight excluding hydrogens is 488 g/mol. The summed E-state index contributed by atoms with van der Waals surface area (Å²) in [6.07, 6.45) is 4.70. The van der Waals surface area contributed by atoms with E-state index in [2.05, 4.69) is 31.2 Å². The zero-order chi connectivity index (χ0) is 26.9. The van der Waals surface area contributed by atoms with Gasteiger partial charge in [-0.2, -0.15) is 15.3 Å². The lowest BCUT2D eigenvalue weighted by Gasteiger charge is -2.36. The quantitative estimate of drug-likeness (QED) is 0.387. The van der Waals surface area contributed by atoms with Gasteiger partial charge in [-0.1, -0.05) is 5.16 Å². The zero-order valence-corrected chi connectivity index (χ0v) is 21.7. The molecule has 5 heterocycles. The first-order chi connectivity index (χ1) is 18.2. The Hall–Kier alpha value is -4.66. The molecule has 5 rings (SSSR count). The number of pyridine rings is 2. The predicted octanol–water partition coefficient (Wildman–Crippen LogP) is 3.60. The number of rotatable bonds is 5. The number of hydrogen-bond acceptors (Lipinski definition) is 10. The van der Waals surface area contributed by atoms with Gasteiger partial charge >= 0.3 is 6.09 Å². The molecule has 4 aromatic rings. The number of aromatic nitrogens is 5.